The molecule has 2 rings (SSSR count). The summed E-state index contributed by atoms with van der Waals surface area (Å²) in [5.74, 6) is 1.79. The van der Waals surface area contributed by atoms with E-state index in [4.69, 9.17) is 0 Å². The SMILES string of the molecule is CC.CC1CCC(c2ccccc2)C1. The third-order valence-corrected chi connectivity index (χ3v) is 2.97. The summed E-state index contributed by atoms with van der Waals surface area (Å²) >= 11 is 0. The van der Waals surface area contributed by atoms with Gasteiger partial charge in [0.2, 0.25) is 0 Å². The molecule has 0 heteroatoms. The van der Waals surface area contributed by atoms with Gasteiger partial charge in [0, 0.05) is 0 Å². The first kappa shape index (κ1) is 11.3. The van der Waals surface area contributed by atoms with E-state index < -0.39 is 0 Å². The highest BCUT2D eigenvalue weighted by Gasteiger charge is 2.21. The van der Waals surface area contributed by atoms with Crippen LogP contribution >= 0.6 is 0 Å². The van der Waals surface area contributed by atoms with E-state index >= 15 is 0 Å². The maximum atomic E-state index is 2.36. The zero-order chi connectivity index (χ0) is 10.4. The summed E-state index contributed by atoms with van der Waals surface area (Å²) < 4.78 is 0. The van der Waals surface area contributed by atoms with Crippen molar-refractivity contribution >= 4 is 0 Å². The summed E-state index contributed by atoms with van der Waals surface area (Å²) in [5.41, 5.74) is 1.54. The lowest BCUT2D eigenvalue weighted by atomic mass is 9.97. The molecule has 0 aliphatic heterocycles. The van der Waals surface area contributed by atoms with Crippen molar-refractivity contribution in [3.8, 4) is 0 Å². The number of rotatable bonds is 1. The van der Waals surface area contributed by atoms with Crippen LogP contribution in [0.5, 0.6) is 0 Å². The molecule has 0 radical (unpaired) electrons. The molecule has 0 aromatic heterocycles. The van der Waals surface area contributed by atoms with Crippen LogP contribution in [0.15, 0.2) is 30.3 Å². The van der Waals surface area contributed by atoms with E-state index in [9.17, 15) is 0 Å². The zero-order valence-corrected chi connectivity index (χ0v) is 9.66. The highest BCUT2D eigenvalue weighted by Crippen LogP contribution is 2.37. The highest BCUT2D eigenvalue weighted by atomic mass is 14.3. The molecular formula is C14H22. The Labute approximate surface area is 88.4 Å². The maximum Gasteiger partial charge on any atom is -0.0159 e. The molecule has 1 aliphatic rings. The third kappa shape index (κ3) is 2.87. The summed E-state index contributed by atoms with van der Waals surface area (Å²) in [5, 5.41) is 0. The molecule has 0 amide bonds. The van der Waals surface area contributed by atoms with Crippen molar-refractivity contribution in [3.05, 3.63) is 35.9 Å². The average molecular weight is 190 g/mol. The Balaban J connectivity index is 0.000000461. The Bertz CT molecular complexity index is 237. The van der Waals surface area contributed by atoms with E-state index in [1.807, 2.05) is 13.8 Å². The first-order valence-corrected chi connectivity index (χ1v) is 5.91. The van der Waals surface area contributed by atoms with Crippen LogP contribution < -0.4 is 0 Å². The summed E-state index contributed by atoms with van der Waals surface area (Å²) in [6.45, 7) is 6.36. The van der Waals surface area contributed by atoms with Gasteiger partial charge in [-0.2, -0.15) is 0 Å². The van der Waals surface area contributed by atoms with Crippen molar-refractivity contribution in [1.29, 1.82) is 0 Å². The summed E-state index contributed by atoms with van der Waals surface area (Å²) in [6.07, 6.45) is 4.20. The van der Waals surface area contributed by atoms with E-state index in [1.165, 1.54) is 19.3 Å². The first-order chi connectivity index (χ1) is 6.86. The largest absolute Gasteiger partial charge is 0.0683 e. The van der Waals surface area contributed by atoms with Crippen LogP contribution in [0.2, 0.25) is 0 Å². The quantitative estimate of drug-likeness (QED) is 0.606. The van der Waals surface area contributed by atoms with Crippen LogP contribution in [0, 0.1) is 5.92 Å². The van der Waals surface area contributed by atoms with Gasteiger partial charge in [-0.15, -0.1) is 0 Å². The molecule has 1 aliphatic carbocycles. The summed E-state index contributed by atoms with van der Waals surface area (Å²) in [7, 11) is 0. The molecule has 1 saturated carbocycles. The van der Waals surface area contributed by atoms with Gasteiger partial charge in [-0.05, 0) is 30.2 Å². The molecule has 1 fully saturated rings. The molecule has 0 heterocycles. The second-order valence-corrected chi connectivity index (χ2v) is 4.03. The molecular weight excluding hydrogens is 168 g/mol. The summed E-state index contributed by atoms with van der Waals surface area (Å²) in [4.78, 5) is 0. The second kappa shape index (κ2) is 5.85. The van der Waals surface area contributed by atoms with Crippen molar-refractivity contribution in [2.24, 2.45) is 5.92 Å². The Hall–Kier alpha value is -0.780. The minimum absolute atomic E-state index is 0.848. The van der Waals surface area contributed by atoms with Gasteiger partial charge in [-0.3, -0.25) is 0 Å². The van der Waals surface area contributed by atoms with Crippen molar-refractivity contribution < 1.29 is 0 Å². The van der Waals surface area contributed by atoms with Gasteiger partial charge in [0.05, 0.1) is 0 Å². The smallest absolute Gasteiger partial charge is 0.0159 e. The number of benzene rings is 1. The Morgan fingerprint density at radius 1 is 1.00 bits per heavy atom. The average Bonchev–Trinajstić information content (AvgIpc) is 2.69. The third-order valence-electron chi connectivity index (χ3n) is 2.97. The molecule has 78 valence electrons. The van der Waals surface area contributed by atoms with Crippen molar-refractivity contribution in [1.82, 2.24) is 0 Å². The van der Waals surface area contributed by atoms with Crippen LogP contribution in [0.1, 0.15) is 51.5 Å². The van der Waals surface area contributed by atoms with E-state index in [0.717, 1.165) is 11.8 Å². The van der Waals surface area contributed by atoms with Gasteiger partial charge in [0.15, 0.2) is 0 Å². The molecule has 0 spiro atoms. The minimum atomic E-state index is 0.848. The molecule has 2 unspecified atom stereocenters. The molecule has 0 bridgehead atoms. The van der Waals surface area contributed by atoms with Gasteiger partial charge in [-0.25, -0.2) is 0 Å². The molecule has 14 heavy (non-hydrogen) atoms. The van der Waals surface area contributed by atoms with E-state index in [0.29, 0.717) is 0 Å². The van der Waals surface area contributed by atoms with Gasteiger partial charge in [-0.1, -0.05) is 57.5 Å². The highest BCUT2D eigenvalue weighted by molar-refractivity contribution is 5.20. The second-order valence-electron chi connectivity index (χ2n) is 4.03. The Morgan fingerprint density at radius 2 is 1.64 bits per heavy atom. The fourth-order valence-corrected chi connectivity index (χ4v) is 2.24. The van der Waals surface area contributed by atoms with Gasteiger partial charge < -0.3 is 0 Å². The molecule has 0 saturated heterocycles. The topological polar surface area (TPSA) is 0 Å². The zero-order valence-electron chi connectivity index (χ0n) is 9.66. The van der Waals surface area contributed by atoms with Crippen molar-refractivity contribution in [3.63, 3.8) is 0 Å². The Morgan fingerprint density at radius 3 is 2.14 bits per heavy atom. The van der Waals surface area contributed by atoms with Crippen molar-refractivity contribution in [2.75, 3.05) is 0 Å². The maximum absolute atomic E-state index is 2.36. The van der Waals surface area contributed by atoms with Crippen molar-refractivity contribution in [2.45, 2.75) is 46.0 Å². The standard InChI is InChI=1S/C12H16.C2H6/c1-10-7-8-12(9-10)11-5-3-2-4-6-11;1-2/h2-6,10,12H,7-9H2,1H3;1-2H3. The van der Waals surface area contributed by atoms with E-state index in [-0.39, 0.29) is 0 Å². The molecule has 0 nitrogen and oxygen atoms in total. The molecule has 1 aromatic rings. The van der Waals surface area contributed by atoms with Crippen LogP contribution in [0.3, 0.4) is 0 Å². The lowest BCUT2D eigenvalue weighted by Gasteiger charge is -2.08. The van der Waals surface area contributed by atoms with Crippen LogP contribution in [0.4, 0.5) is 0 Å². The van der Waals surface area contributed by atoms with Crippen LogP contribution in [-0.4, -0.2) is 0 Å². The predicted molar refractivity (Wildman–Crippen MR) is 63.5 cm³/mol. The van der Waals surface area contributed by atoms with Gasteiger partial charge in [0.1, 0.15) is 0 Å². The van der Waals surface area contributed by atoms with Gasteiger partial charge in [0.25, 0.3) is 0 Å². The number of hydrogen-bond acceptors (Lipinski definition) is 0. The monoisotopic (exact) mass is 190 g/mol. The fraction of sp³-hybridized carbons (Fsp3) is 0.571. The normalized spacial score (nSPS) is 25.4. The van der Waals surface area contributed by atoms with E-state index in [2.05, 4.69) is 37.3 Å². The van der Waals surface area contributed by atoms with Crippen LogP contribution in [0.25, 0.3) is 0 Å². The Kier molecular flexibility index (Phi) is 4.72. The summed E-state index contributed by atoms with van der Waals surface area (Å²) in [6, 6.07) is 10.9. The first-order valence-electron chi connectivity index (χ1n) is 5.91. The molecule has 1 aromatic carbocycles. The minimum Gasteiger partial charge on any atom is -0.0683 e. The molecule has 0 N–H and O–H groups in total. The van der Waals surface area contributed by atoms with Gasteiger partial charge >= 0.3 is 0 Å². The fourth-order valence-electron chi connectivity index (χ4n) is 2.24. The number of hydrogen-bond donors (Lipinski definition) is 0. The lowest BCUT2D eigenvalue weighted by Crippen LogP contribution is -1.92. The predicted octanol–water partition coefficient (Wildman–Crippen LogP) is 4.62. The van der Waals surface area contributed by atoms with Crippen LogP contribution in [-0.2, 0) is 0 Å². The molecule has 2 atom stereocenters. The van der Waals surface area contributed by atoms with E-state index in [1.54, 1.807) is 5.56 Å². The lowest BCUT2D eigenvalue weighted by molar-refractivity contribution is 0.596.